The lowest BCUT2D eigenvalue weighted by molar-refractivity contribution is -0.158. The molecular weight excluding hydrogens is 296 g/mol. The van der Waals surface area contributed by atoms with E-state index in [9.17, 15) is 9.90 Å². The van der Waals surface area contributed by atoms with Crippen molar-refractivity contribution in [3.8, 4) is 0 Å². The fraction of sp³-hybridized carbons (Fsp3) is 0.944. The Labute approximate surface area is 138 Å². The summed E-state index contributed by atoms with van der Waals surface area (Å²) < 4.78 is 11.7. The third-order valence-electron chi connectivity index (χ3n) is 6.00. The van der Waals surface area contributed by atoms with E-state index in [1.54, 1.807) is 0 Å². The maximum atomic E-state index is 12.0. The van der Waals surface area contributed by atoms with Crippen LogP contribution in [0.2, 0.25) is 0 Å². The van der Waals surface area contributed by atoms with Gasteiger partial charge in [-0.05, 0) is 43.4 Å². The summed E-state index contributed by atoms with van der Waals surface area (Å²) in [7, 11) is 0. The van der Waals surface area contributed by atoms with Gasteiger partial charge in [0.2, 0.25) is 0 Å². The maximum Gasteiger partial charge on any atom is 0.169 e. The van der Waals surface area contributed by atoms with E-state index in [-0.39, 0.29) is 24.4 Å². The SMILES string of the molecule is O=C(CCCCCO)CC[C@@H]1[C@@H]2CC3(C[C@@H]2C[C@H]1O)OCCO3. The van der Waals surface area contributed by atoms with Gasteiger partial charge >= 0.3 is 0 Å². The highest BCUT2D eigenvalue weighted by molar-refractivity contribution is 5.78. The molecule has 3 aliphatic rings. The Morgan fingerprint density at radius 3 is 2.61 bits per heavy atom. The lowest BCUT2D eigenvalue weighted by Gasteiger charge is -2.26. The maximum absolute atomic E-state index is 12.0. The first-order chi connectivity index (χ1) is 11.1. The number of Topliss-reactive ketones (excluding diaryl/α,β-unsaturated/α-hetero) is 1. The highest BCUT2D eigenvalue weighted by atomic mass is 16.7. The van der Waals surface area contributed by atoms with Crippen molar-refractivity contribution in [2.24, 2.45) is 17.8 Å². The molecule has 23 heavy (non-hydrogen) atoms. The molecule has 3 rings (SSSR count). The van der Waals surface area contributed by atoms with Crippen molar-refractivity contribution in [1.29, 1.82) is 0 Å². The molecule has 4 atom stereocenters. The third-order valence-corrected chi connectivity index (χ3v) is 6.00. The predicted molar refractivity (Wildman–Crippen MR) is 84.8 cm³/mol. The van der Waals surface area contributed by atoms with Crippen LogP contribution in [0.1, 0.15) is 57.8 Å². The van der Waals surface area contributed by atoms with Crippen molar-refractivity contribution in [2.75, 3.05) is 19.8 Å². The van der Waals surface area contributed by atoms with Crippen molar-refractivity contribution in [3.63, 3.8) is 0 Å². The lowest BCUT2D eigenvalue weighted by Crippen LogP contribution is -2.30. The van der Waals surface area contributed by atoms with E-state index in [0.29, 0.717) is 43.7 Å². The fourth-order valence-corrected chi connectivity index (χ4v) is 4.89. The number of fused-ring (bicyclic) bond motifs is 1. The van der Waals surface area contributed by atoms with Gasteiger partial charge in [-0.1, -0.05) is 6.42 Å². The number of aliphatic hydroxyl groups excluding tert-OH is 2. The van der Waals surface area contributed by atoms with E-state index >= 15 is 0 Å². The van der Waals surface area contributed by atoms with Crippen LogP contribution in [0.25, 0.3) is 0 Å². The van der Waals surface area contributed by atoms with Crippen LogP contribution in [0.3, 0.4) is 0 Å². The molecule has 1 spiro atoms. The van der Waals surface area contributed by atoms with Crippen LogP contribution in [-0.4, -0.2) is 47.7 Å². The monoisotopic (exact) mass is 326 g/mol. The molecule has 0 unspecified atom stereocenters. The second-order valence-electron chi connectivity index (χ2n) is 7.52. The first-order valence-electron chi connectivity index (χ1n) is 9.22. The molecule has 0 aromatic rings. The largest absolute Gasteiger partial charge is 0.396 e. The van der Waals surface area contributed by atoms with Crippen molar-refractivity contribution in [2.45, 2.75) is 69.7 Å². The topological polar surface area (TPSA) is 76.0 Å². The van der Waals surface area contributed by atoms with Gasteiger partial charge in [0.1, 0.15) is 5.78 Å². The molecule has 1 saturated heterocycles. The smallest absolute Gasteiger partial charge is 0.169 e. The van der Waals surface area contributed by atoms with E-state index in [1.165, 1.54) is 0 Å². The van der Waals surface area contributed by atoms with Gasteiger partial charge in [-0.2, -0.15) is 0 Å². The molecule has 5 heteroatoms. The highest BCUT2D eigenvalue weighted by Gasteiger charge is 2.56. The molecule has 132 valence electrons. The number of unbranched alkanes of at least 4 members (excludes halogenated alkanes) is 2. The first-order valence-corrected chi connectivity index (χ1v) is 9.22. The summed E-state index contributed by atoms with van der Waals surface area (Å²) in [4.78, 5) is 12.0. The molecule has 0 bridgehead atoms. The Morgan fingerprint density at radius 2 is 1.87 bits per heavy atom. The molecule has 0 radical (unpaired) electrons. The molecule has 1 heterocycles. The van der Waals surface area contributed by atoms with Gasteiger partial charge in [0, 0.05) is 32.3 Å². The Kier molecular flexibility index (Phi) is 5.73. The van der Waals surface area contributed by atoms with Crippen LogP contribution < -0.4 is 0 Å². The summed E-state index contributed by atoms with van der Waals surface area (Å²) in [5.74, 6) is 1.04. The van der Waals surface area contributed by atoms with Crippen LogP contribution in [-0.2, 0) is 14.3 Å². The summed E-state index contributed by atoms with van der Waals surface area (Å²) in [6.45, 7) is 1.56. The zero-order valence-corrected chi connectivity index (χ0v) is 13.9. The molecule has 0 amide bonds. The fourth-order valence-electron chi connectivity index (χ4n) is 4.89. The van der Waals surface area contributed by atoms with E-state index in [4.69, 9.17) is 14.6 Å². The molecule has 2 N–H and O–H groups in total. The van der Waals surface area contributed by atoms with Gasteiger partial charge in [-0.3, -0.25) is 4.79 Å². The molecule has 0 aromatic heterocycles. The predicted octanol–water partition coefficient (Wildman–Crippen LogP) is 2.04. The summed E-state index contributed by atoms with van der Waals surface area (Å²) in [5.41, 5.74) is 0. The molecule has 0 aromatic carbocycles. The summed E-state index contributed by atoms with van der Waals surface area (Å²) in [5, 5.41) is 19.1. The average molecular weight is 326 g/mol. The first kappa shape index (κ1) is 17.3. The lowest BCUT2D eigenvalue weighted by atomic mass is 9.86. The van der Waals surface area contributed by atoms with Crippen LogP contribution in [0.5, 0.6) is 0 Å². The summed E-state index contributed by atoms with van der Waals surface area (Å²) >= 11 is 0. The number of hydrogen-bond acceptors (Lipinski definition) is 5. The van der Waals surface area contributed by atoms with Crippen LogP contribution >= 0.6 is 0 Å². The summed E-state index contributed by atoms with van der Waals surface area (Å²) in [6.07, 6.45) is 6.85. The van der Waals surface area contributed by atoms with Gasteiger partial charge in [0.05, 0.1) is 19.3 Å². The minimum absolute atomic E-state index is 0.206. The Balaban J connectivity index is 1.45. The van der Waals surface area contributed by atoms with Crippen molar-refractivity contribution in [3.05, 3.63) is 0 Å². The molecule has 3 fully saturated rings. The Bertz CT molecular complexity index is 404. The zero-order valence-electron chi connectivity index (χ0n) is 13.9. The second-order valence-corrected chi connectivity index (χ2v) is 7.52. The molecule has 1 aliphatic heterocycles. The Morgan fingerprint density at radius 1 is 1.09 bits per heavy atom. The minimum Gasteiger partial charge on any atom is -0.396 e. The number of hydrogen-bond donors (Lipinski definition) is 2. The average Bonchev–Trinajstić information content (AvgIpc) is 3.18. The number of ketones is 1. The van der Waals surface area contributed by atoms with E-state index in [0.717, 1.165) is 44.9 Å². The second kappa shape index (κ2) is 7.60. The van der Waals surface area contributed by atoms with Gasteiger partial charge in [0.15, 0.2) is 5.79 Å². The molecule has 5 nitrogen and oxygen atoms in total. The highest BCUT2D eigenvalue weighted by Crippen LogP contribution is 2.55. The quantitative estimate of drug-likeness (QED) is 0.668. The third kappa shape index (κ3) is 3.95. The van der Waals surface area contributed by atoms with Crippen LogP contribution in [0, 0.1) is 17.8 Å². The van der Waals surface area contributed by atoms with Gasteiger partial charge < -0.3 is 19.7 Å². The van der Waals surface area contributed by atoms with Gasteiger partial charge in [-0.15, -0.1) is 0 Å². The number of ether oxygens (including phenoxy) is 2. The van der Waals surface area contributed by atoms with Crippen molar-refractivity contribution >= 4 is 5.78 Å². The van der Waals surface area contributed by atoms with E-state index < -0.39 is 0 Å². The van der Waals surface area contributed by atoms with Gasteiger partial charge in [-0.25, -0.2) is 0 Å². The number of carbonyl (C=O) groups excluding carboxylic acids is 1. The zero-order chi connectivity index (χ0) is 16.3. The minimum atomic E-state index is -0.387. The standard InChI is InChI=1S/C18H30O5/c19-7-3-1-2-4-14(20)5-6-15-16-12-18(22-8-9-23-18)11-13(16)10-17(15)21/h13,15-17,19,21H,1-12H2/t13-,15+,16+,17+/m0/s1. The summed E-state index contributed by atoms with van der Waals surface area (Å²) in [6, 6.07) is 0. The van der Waals surface area contributed by atoms with Crippen molar-refractivity contribution < 1.29 is 24.5 Å². The van der Waals surface area contributed by atoms with Gasteiger partial charge in [0.25, 0.3) is 0 Å². The Hall–Kier alpha value is -0.490. The van der Waals surface area contributed by atoms with Crippen LogP contribution in [0.15, 0.2) is 0 Å². The molecular formula is C18H30O5. The molecule has 2 aliphatic carbocycles. The van der Waals surface area contributed by atoms with E-state index in [1.807, 2.05) is 0 Å². The van der Waals surface area contributed by atoms with Crippen LogP contribution in [0.4, 0.5) is 0 Å². The number of rotatable bonds is 8. The van der Waals surface area contributed by atoms with Crippen molar-refractivity contribution in [1.82, 2.24) is 0 Å². The number of aliphatic hydroxyl groups is 2. The number of carbonyl (C=O) groups is 1. The molecule has 2 saturated carbocycles. The normalized spacial score (nSPS) is 35.0. The van der Waals surface area contributed by atoms with E-state index in [2.05, 4.69) is 0 Å².